The molecule has 1 aromatic heterocycles. The number of hydrogen-bond donors (Lipinski definition) is 0. The van der Waals surface area contributed by atoms with Gasteiger partial charge in [-0.05, 0) is 17.7 Å². The molecule has 3 aromatic rings. The van der Waals surface area contributed by atoms with Gasteiger partial charge in [-0.25, -0.2) is 4.98 Å². The number of carbonyl (C=O) groups is 1. The molecule has 6 nitrogen and oxygen atoms in total. The Morgan fingerprint density at radius 2 is 1.85 bits per heavy atom. The number of aromatic nitrogens is 2. The molecule has 0 aliphatic rings. The van der Waals surface area contributed by atoms with Crippen LogP contribution in [0.3, 0.4) is 0 Å². The third-order valence-electron chi connectivity index (χ3n) is 4.43. The standard InChI is InChI=1S/C21H23N3O3/c1-27-14-13-23(15-17-7-3-2-4-8-17)20(25)11-12-24-16-22-19-10-6-5-9-18(19)21(24)26/h2-10,16H,11-15H2,1H3. The second-order valence-electron chi connectivity index (χ2n) is 6.30. The molecular weight excluding hydrogens is 342 g/mol. The van der Waals surface area contributed by atoms with Crippen molar-refractivity contribution in [3.05, 3.63) is 76.8 Å². The lowest BCUT2D eigenvalue weighted by molar-refractivity contribution is -0.132. The molecule has 0 aliphatic carbocycles. The molecule has 0 unspecified atom stereocenters. The summed E-state index contributed by atoms with van der Waals surface area (Å²) in [7, 11) is 1.62. The maximum atomic E-state index is 12.7. The number of amides is 1. The molecule has 0 radical (unpaired) electrons. The van der Waals surface area contributed by atoms with Gasteiger partial charge in [0.1, 0.15) is 0 Å². The minimum Gasteiger partial charge on any atom is -0.383 e. The van der Waals surface area contributed by atoms with Gasteiger partial charge < -0.3 is 9.64 Å². The first-order valence-corrected chi connectivity index (χ1v) is 8.94. The monoisotopic (exact) mass is 365 g/mol. The van der Waals surface area contributed by atoms with Gasteiger partial charge in [0, 0.05) is 33.2 Å². The summed E-state index contributed by atoms with van der Waals surface area (Å²) in [6.07, 6.45) is 1.74. The largest absolute Gasteiger partial charge is 0.383 e. The predicted octanol–water partition coefficient (Wildman–Crippen LogP) is 2.46. The van der Waals surface area contributed by atoms with E-state index in [0.29, 0.717) is 37.1 Å². The minimum absolute atomic E-state index is 0.0176. The lowest BCUT2D eigenvalue weighted by atomic mass is 10.2. The van der Waals surface area contributed by atoms with E-state index in [-0.39, 0.29) is 17.9 Å². The number of hydrogen-bond acceptors (Lipinski definition) is 4. The highest BCUT2D eigenvalue weighted by atomic mass is 16.5. The average molecular weight is 365 g/mol. The van der Waals surface area contributed by atoms with Crippen LogP contribution in [0.2, 0.25) is 0 Å². The maximum absolute atomic E-state index is 12.7. The van der Waals surface area contributed by atoms with Crippen LogP contribution in [-0.2, 0) is 22.6 Å². The smallest absolute Gasteiger partial charge is 0.261 e. The molecule has 1 heterocycles. The van der Waals surface area contributed by atoms with Crippen LogP contribution in [0.5, 0.6) is 0 Å². The number of ether oxygens (including phenoxy) is 1. The number of aryl methyl sites for hydroxylation is 1. The third kappa shape index (κ3) is 4.80. The second kappa shape index (κ2) is 9.09. The SMILES string of the molecule is COCCN(Cc1ccccc1)C(=O)CCn1cnc2ccccc2c1=O. The van der Waals surface area contributed by atoms with Crippen LogP contribution in [-0.4, -0.2) is 40.6 Å². The van der Waals surface area contributed by atoms with Gasteiger partial charge in [-0.2, -0.15) is 0 Å². The number of carbonyl (C=O) groups excluding carboxylic acids is 1. The zero-order valence-corrected chi connectivity index (χ0v) is 15.4. The molecule has 0 bridgehead atoms. The summed E-state index contributed by atoms with van der Waals surface area (Å²) in [6, 6.07) is 17.1. The Bertz CT molecular complexity index is 954. The van der Waals surface area contributed by atoms with Gasteiger partial charge in [0.05, 0.1) is 23.8 Å². The van der Waals surface area contributed by atoms with Gasteiger partial charge >= 0.3 is 0 Å². The Kier molecular flexibility index (Phi) is 6.33. The van der Waals surface area contributed by atoms with Crippen LogP contribution in [0, 0.1) is 0 Å². The lowest BCUT2D eigenvalue weighted by Gasteiger charge is -2.23. The molecular formula is C21H23N3O3. The van der Waals surface area contributed by atoms with Crippen molar-refractivity contribution in [1.29, 1.82) is 0 Å². The molecule has 6 heteroatoms. The first kappa shape index (κ1) is 18.8. The Labute approximate surface area is 158 Å². The van der Waals surface area contributed by atoms with Crippen molar-refractivity contribution < 1.29 is 9.53 Å². The molecule has 0 N–H and O–H groups in total. The van der Waals surface area contributed by atoms with Crippen LogP contribution in [0.4, 0.5) is 0 Å². The van der Waals surface area contributed by atoms with E-state index in [1.54, 1.807) is 24.1 Å². The zero-order valence-electron chi connectivity index (χ0n) is 15.4. The van der Waals surface area contributed by atoms with Gasteiger partial charge in [-0.15, -0.1) is 0 Å². The fourth-order valence-electron chi connectivity index (χ4n) is 2.94. The van der Waals surface area contributed by atoms with Crippen molar-refractivity contribution in [2.24, 2.45) is 0 Å². The van der Waals surface area contributed by atoms with Crippen molar-refractivity contribution in [2.75, 3.05) is 20.3 Å². The third-order valence-corrected chi connectivity index (χ3v) is 4.43. The Morgan fingerprint density at radius 1 is 1.11 bits per heavy atom. The number of methoxy groups -OCH3 is 1. The van der Waals surface area contributed by atoms with Crippen LogP contribution in [0.15, 0.2) is 65.7 Å². The van der Waals surface area contributed by atoms with E-state index in [4.69, 9.17) is 4.74 Å². The van der Waals surface area contributed by atoms with E-state index in [0.717, 1.165) is 5.56 Å². The summed E-state index contributed by atoms with van der Waals surface area (Å²) in [5.41, 5.74) is 1.60. The van der Waals surface area contributed by atoms with Crippen molar-refractivity contribution in [3.8, 4) is 0 Å². The highest BCUT2D eigenvalue weighted by Crippen LogP contribution is 2.08. The number of fused-ring (bicyclic) bond motifs is 1. The topological polar surface area (TPSA) is 64.4 Å². The van der Waals surface area contributed by atoms with Crippen LogP contribution >= 0.6 is 0 Å². The molecule has 1 amide bonds. The van der Waals surface area contributed by atoms with Crippen molar-refractivity contribution in [3.63, 3.8) is 0 Å². The fraction of sp³-hybridized carbons (Fsp3) is 0.286. The Hall–Kier alpha value is -2.99. The molecule has 0 saturated heterocycles. The van der Waals surface area contributed by atoms with Gasteiger partial charge in [-0.3, -0.25) is 14.2 Å². The summed E-state index contributed by atoms with van der Waals surface area (Å²) in [6.45, 7) is 1.80. The van der Waals surface area contributed by atoms with Crippen molar-refractivity contribution in [1.82, 2.24) is 14.5 Å². The number of nitrogens with zero attached hydrogens (tertiary/aromatic N) is 3. The van der Waals surface area contributed by atoms with E-state index in [2.05, 4.69) is 4.98 Å². The number of benzene rings is 2. The van der Waals surface area contributed by atoms with Crippen LogP contribution < -0.4 is 5.56 Å². The molecule has 3 rings (SSSR count). The van der Waals surface area contributed by atoms with Gasteiger partial charge in [-0.1, -0.05) is 42.5 Å². The van der Waals surface area contributed by atoms with Gasteiger partial charge in [0.15, 0.2) is 0 Å². The molecule has 2 aromatic carbocycles. The van der Waals surface area contributed by atoms with E-state index in [1.807, 2.05) is 42.5 Å². The van der Waals surface area contributed by atoms with Gasteiger partial charge in [0.2, 0.25) is 5.91 Å². The summed E-state index contributed by atoms with van der Waals surface area (Å²) in [4.78, 5) is 31.4. The Morgan fingerprint density at radius 3 is 2.63 bits per heavy atom. The van der Waals surface area contributed by atoms with E-state index in [9.17, 15) is 9.59 Å². The average Bonchev–Trinajstić information content (AvgIpc) is 2.71. The molecule has 0 spiro atoms. The summed E-state index contributed by atoms with van der Waals surface area (Å²) < 4.78 is 6.63. The first-order chi connectivity index (χ1) is 13.2. The van der Waals surface area contributed by atoms with Crippen molar-refractivity contribution >= 4 is 16.8 Å². The molecule has 0 aliphatic heterocycles. The summed E-state index contributed by atoms with van der Waals surface area (Å²) >= 11 is 0. The first-order valence-electron chi connectivity index (χ1n) is 8.94. The summed E-state index contributed by atoms with van der Waals surface area (Å²) in [5, 5.41) is 0.563. The van der Waals surface area contributed by atoms with E-state index in [1.165, 1.54) is 10.9 Å². The Balaban J connectivity index is 1.70. The predicted molar refractivity (Wildman–Crippen MR) is 104 cm³/mol. The van der Waals surface area contributed by atoms with Crippen LogP contribution in [0.1, 0.15) is 12.0 Å². The highest BCUT2D eigenvalue weighted by Gasteiger charge is 2.14. The fourth-order valence-corrected chi connectivity index (χ4v) is 2.94. The molecule has 140 valence electrons. The van der Waals surface area contributed by atoms with E-state index >= 15 is 0 Å². The maximum Gasteiger partial charge on any atom is 0.261 e. The lowest BCUT2D eigenvalue weighted by Crippen LogP contribution is -2.34. The minimum atomic E-state index is -0.125. The zero-order chi connectivity index (χ0) is 19.1. The second-order valence-corrected chi connectivity index (χ2v) is 6.30. The quantitative estimate of drug-likeness (QED) is 0.615. The molecule has 0 fully saturated rings. The van der Waals surface area contributed by atoms with Gasteiger partial charge in [0.25, 0.3) is 5.56 Å². The molecule has 0 atom stereocenters. The number of rotatable bonds is 8. The molecule has 27 heavy (non-hydrogen) atoms. The van der Waals surface area contributed by atoms with Crippen molar-refractivity contribution in [2.45, 2.75) is 19.5 Å². The highest BCUT2D eigenvalue weighted by molar-refractivity contribution is 5.77. The van der Waals surface area contributed by atoms with E-state index < -0.39 is 0 Å². The normalized spacial score (nSPS) is 10.9. The molecule has 0 saturated carbocycles. The van der Waals surface area contributed by atoms with Crippen LogP contribution in [0.25, 0.3) is 10.9 Å². The summed E-state index contributed by atoms with van der Waals surface area (Å²) in [5.74, 6) is -0.0176. The number of para-hydroxylation sites is 1.